The quantitative estimate of drug-likeness (QED) is 0.240. The molecule has 1 aromatic carbocycles. The molecule has 1 saturated carbocycles. The lowest BCUT2D eigenvalue weighted by Crippen LogP contribution is -2.65. The number of likely N-dealkylation sites (N-methyl/N-ethyl adjacent to an activating group) is 1. The number of primary amides is 2. The normalized spacial score (nSPS) is 28.3. The molecule has 11 heteroatoms. The number of carbonyl (C=O) groups is 4. The Balaban J connectivity index is 1.96. The van der Waals surface area contributed by atoms with Gasteiger partial charge in [0.1, 0.15) is 22.8 Å². The minimum atomic E-state index is -2.69. The first kappa shape index (κ1) is 24.2. The first-order valence-electron chi connectivity index (χ1n) is 10.8. The van der Waals surface area contributed by atoms with E-state index in [0.717, 1.165) is 6.08 Å². The summed E-state index contributed by atoms with van der Waals surface area (Å²) < 4.78 is 0. The van der Waals surface area contributed by atoms with Gasteiger partial charge >= 0.3 is 0 Å². The molecule has 0 saturated heterocycles. The Labute approximate surface area is 199 Å². The number of rotatable bonds is 4. The van der Waals surface area contributed by atoms with Crippen LogP contribution < -0.4 is 11.5 Å². The van der Waals surface area contributed by atoms with E-state index in [1.807, 2.05) is 0 Å². The minimum Gasteiger partial charge on any atom is -0.508 e. The van der Waals surface area contributed by atoms with Crippen molar-refractivity contribution in [3.05, 3.63) is 51.8 Å². The molecule has 35 heavy (non-hydrogen) atoms. The van der Waals surface area contributed by atoms with E-state index in [4.69, 9.17) is 11.5 Å². The molecular formula is C24H25N3O8. The molecule has 1 fully saturated rings. The van der Waals surface area contributed by atoms with Gasteiger partial charge in [-0.1, -0.05) is 6.07 Å². The van der Waals surface area contributed by atoms with E-state index in [2.05, 4.69) is 0 Å². The molecule has 11 nitrogen and oxygen atoms in total. The summed E-state index contributed by atoms with van der Waals surface area (Å²) in [4.78, 5) is 51.4. The minimum absolute atomic E-state index is 0.0274. The number of aliphatic hydroxyl groups excluding tert-OH is 2. The predicted molar refractivity (Wildman–Crippen MR) is 122 cm³/mol. The van der Waals surface area contributed by atoms with Crippen molar-refractivity contribution in [2.24, 2.45) is 23.3 Å². The molecule has 8 N–H and O–H groups in total. The number of phenols is 1. The second kappa shape index (κ2) is 8.07. The van der Waals surface area contributed by atoms with Crippen LogP contribution in [0.2, 0.25) is 0 Å². The van der Waals surface area contributed by atoms with Gasteiger partial charge in [-0.15, -0.1) is 0 Å². The van der Waals surface area contributed by atoms with Gasteiger partial charge in [0.15, 0.2) is 11.4 Å². The van der Waals surface area contributed by atoms with Crippen LogP contribution in [0.5, 0.6) is 5.75 Å². The Kier molecular flexibility index (Phi) is 5.57. The average Bonchev–Trinajstić information content (AvgIpc) is 2.75. The highest BCUT2D eigenvalue weighted by atomic mass is 16.3. The first-order valence-corrected chi connectivity index (χ1v) is 10.8. The number of amides is 2. The third kappa shape index (κ3) is 3.34. The lowest BCUT2D eigenvalue weighted by atomic mass is 9.57. The Hall–Kier alpha value is -3.96. The van der Waals surface area contributed by atoms with Crippen LogP contribution in [0.15, 0.2) is 35.1 Å². The second-order valence-corrected chi connectivity index (χ2v) is 9.22. The van der Waals surface area contributed by atoms with E-state index < -0.39 is 64.0 Å². The third-order valence-electron chi connectivity index (χ3n) is 7.07. The first-order chi connectivity index (χ1) is 16.3. The van der Waals surface area contributed by atoms with E-state index in [9.17, 15) is 39.6 Å². The van der Waals surface area contributed by atoms with Gasteiger partial charge in [0, 0.05) is 17.6 Å². The van der Waals surface area contributed by atoms with E-state index in [1.165, 1.54) is 37.2 Å². The SMILES string of the molecule is CN(C)C1C(=O)C(C(N)=O)=C(O)[C@@]2(O)C(=O)C3=C(O)c4c(O)ccc(/C=C/C(N)=O)c4C[C@H]3C[C@@H]12. The van der Waals surface area contributed by atoms with Gasteiger partial charge in [0.2, 0.25) is 11.7 Å². The maximum Gasteiger partial charge on any atom is 0.255 e. The van der Waals surface area contributed by atoms with Crippen LogP contribution >= 0.6 is 0 Å². The molecule has 0 heterocycles. The summed E-state index contributed by atoms with van der Waals surface area (Å²) in [6.07, 6.45) is 2.62. The van der Waals surface area contributed by atoms with Gasteiger partial charge in [-0.05, 0) is 56.1 Å². The smallest absolute Gasteiger partial charge is 0.255 e. The molecule has 184 valence electrons. The van der Waals surface area contributed by atoms with E-state index in [-0.39, 0.29) is 29.7 Å². The number of nitrogens with zero attached hydrogens (tertiary/aromatic N) is 1. The fourth-order valence-corrected chi connectivity index (χ4v) is 5.60. The Morgan fingerprint density at radius 3 is 2.37 bits per heavy atom. The van der Waals surface area contributed by atoms with Gasteiger partial charge in [0.05, 0.1) is 11.6 Å². The number of Topliss-reactive ketones (excluding diaryl/α,β-unsaturated/α-hetero) is 2. The van der Waals surface area contributed by atoms with Crippen molar-refractivity contribution in [3.63, 3.8) is 0 Å². The summed E-state index contributed by atoms with van der Waals surface area (Å²) in [5.41, 5.74) is 7.52. The maximum atomic E-state index is 13.7. The highest BCUT2D eigenvalue weighted by Gasteiger charge is 2.64. The predicted octanol–water partition coefficient (Wildman–Crippen LogP) is -0.537. The average molecular weight is 483 g/mol. The molecule has 4 rings (SSSR count). The molecule has 0 radical (unpaired) electrons. The molecule has 2 amide bonds. The maximum absolute atomic E-state index is 13.7. The number of hydrogen-bond acceptors (Lipinski definition) is 9. The summed E-state index contributed by atoms with van der Waals surface area (Å²) in [6.45, 7) is 0. The number of fused-ring (bicyclic) bond motifs is 3. The number of phenolic OH excluding ortho intramolecular Hbond substituents is 1. The van der Waals surface area contributed by atoms with Gasteiger partial charge in [-0.3, -0.25) is 24.1 Å². The van der Waals surface area contributed by atoms with Crippen LogP contribution in [0.3, 0.4) is 0 Å². The number of ketones is 2. The summed E-state index contributed by atoms with van der Waals surface area (Å²) in [5.74, 6) is -7.87. The summed E-state index contributed by atoms with van der Waals surface area (Å²) in [7, 11) is 3.05. The highest BCUT2D eigenvalue weighted by Crippen LogP contribution is 2.52. The van der Waals surface area contributed by atoms with Crippen molar-refractivity contribution >= 4 is 35.2 Å². The molecule has 4 atom stereocenters. The van der Waals surface area contributed by atoms with Crippen molar-refractivity contribution in [1.29, 1.82) is 0 Å². The molecule has 0 bridgehead atoms. The molecule has 3 aliphatic rings. The van der Waals surface area contributed by atoms with Crippen LogP contribution in [0.4, 0.5) is 0 Å². The molecule has 3 aliphatic carbocycles. The number of carbonyl (C=O) groups excluding carboxylic acids is 4. The molecule has 0 spiro atoms. The van der Waals surface area contributed by atoms with E-state index >= 15 is 0 Å². The third-order valence-corrected chi connectivity index (χ3v) is 7.07. The number of hydrogen-bond donors (Lipinski definition) is 6. The van der Waals surface area contributed by atoms with Gasteiger partial charge in [-0.25, -0.2) is 0 Å². The van der Waals surface area contributed by atoms with Crippen LogP contribution in [-0.2, 0) is 25.6 Å². The van der Waals surface area contributed by atoms with Crippen molar-refractivity contribution in [3.8, 4) is 5.75 Å². The molecule has 1 aromatic rings. The molecule has 1 unspecified atom stereocenters. The fraction of sp³-hybridized carbons (Fsp3) is 0.333. The number of benzene rings is 1. The van der Waals surface area contributed by atoms with Gasteiger partial charge in [0.25, 0.3) is 5.91 Å². The van der Waals surface area contributed by atoms with Crippen LogP contribution in [0.25, 0.3) is 11.8 Å². The monoisotopic (exact) mass is 483 g/mol. The molecule has 0 aromatic heterocycles. The Morgan fingerprint density at radius 2 is 1.80 bits per heavy atom. The fourth-order valence-electron chi connectivity index (χ4n) is 5.60. The lowest BCUT2D eigenvalue weighted by Gasteiger charge is -2.50. The number of aromatic hydroxyl groups is 1. The van der Waals surface area contributed by atoms with Crippen LogP contribution in [0, 0.1) is 11.8 Å². The summed E-state index contributed by atoms with van der Waals surface area (Å²) >= 11 is 0. The number of aliphatic hydroxyl groups is 3. The standard InChI is InChI=1S/C24H25N3O8/c1-27(2)18-12-8-10-7-11-9(4-6-14(25)29)3-5-13(28)16(11)19(30)15(10)21(32)24(12,35)22(33)17(20(18)31)23(26)34/h3-6,10,12,18,28,30,33,35H,7-8H2,1-2H3,(H2,25,29)(H2,26,34)/b6-4+/t10-,12-,18?,24-/m0/s1. The molecule has 0 aliphatic heterocycles. The number of nitrogens with two attached hydrogens (primary N) is 2. The Bertz CT molecular complexity index is 1290. The van der Waals surface area contributed by atoms with Crippen LogP contribution in [-0.4, -0.2) is 74.4 Å². The largest absolute Gasteiger partial charge is 0.508 e. The summed E-state index contributed by atoms with van der Waals surface area (Å²) in [5, 5.41) is 43.9. The van der Waals surface area contributed by atoms with Crippen LogP contribution in [0.1, 0.15) is 23.1 Å². The molecular weight excluding hydrogens is 458 g/mol. The second-order valence-electron chi connectivity index (χ2n) is 9.22. The zero-order chi connectivity index (χ0) is 26.0. The highest BCUT2D eigenvalue weighted by molar-refractivity contribution is 6.24. The topological polar surface area (TPSA) is 204 Å². The van der Waals surface area contributed by atoms with E-state index in [1.54, 1.807) is 0 Å². The van der Waals surface area contributed by atoms with Crippen molar-refractivity contribution in [2.75, 3.05) is 14.1 Å². The zero-order valence-corrected chi connectivity index (χ0v) is 19.0. The zero-order valence-electron chi connectivity index (χ0n) is 19.0. The Morgan fingerprint density at radius 1 is 1.14 bits per heavy atom. The van der Waals surface area contributed by atoms with Gasteiger partial charge < -0.3 is 31.9 Å². The van der Waals surface area contributed by atoms with Crippen molar-refractivity contribution < 1.29 is 39.6 Å². The summed E-state index contributed by atoms with van der Waals surface area (Å²) in [6, 6.07) is 1.63. The lowest BCUT2D eigenvalue weighted by molar-refractivity contribution is -0.153. The van der Waals surface area contributed by atoms with Crippen molar-refractivity contribution in [1.82, 2.24) is 4.90 Å². The van der Waals surface area contributed by atoms with Gasteiger partial charge in [-0.2, -0.15) is 0 Å². The van der Waals surface area contributed by atoms with E-state index in [0.29, 0.717) is 11.1 Å². The van der Waals surface area contributed by atoms with Crippen molar-refractivity contribution in [2.45, 2.75) is 24.5 Å².